The van der Waals surface area contributed by atoms with E-state index in [0.29, 0.717) is 21.9 Å². The molecule has 0 bridgehead atoms. The van der Waals surface area contributed by atoms with Crippen LogP contribution in [0.15, 0.2) is 24.3 Å². The molecule has 110 valence electrons. The van der Waals surface area contributed by atoms with Crippen molar-refractivity contribution in [2.24, 2.45) is 0 Å². The normalized spacial score (nSPS) is 15.4. The van der Waals surface area contributed by atoms with Crippen molar-refractivity contribution >= 4 is 34.3 Å². The molecule has 0 unspecified atom stereocenters. The number of ketones is 2. The van der Waals surface area contributed by atoms with Crippen molar-refractivity contribution in [3.8, 4) is 0 Å². The van der Waals surface area contributed by atoms with E-state index in [4.69, 9.17) is 0 Å². The van der Waals surface area contributed by atoms with E-state index in [0.717, 1.165) is 0 Å². The zero-order chi connectivity index (χ0) is 16.0. The van der Waals surface area contributed by atoms with Gasteiger partial charge in [0.25, 0.3) is 0 Å². The monoisotopic (exact) mass is 296 g/mol. The number of fused-ring (bicyclic) bond motifs is 3. The second-order valence-electron chi connectivity index (χ2n) is 4.84. The van der Waals surface area contributed by atoms with Crippen LogP contribution in [0.5, 0.6) is 0 Å². The molecule has 0 N–H and O–H groups in total. The Morgan fingerprint density at radius 3 is 1.45 bits per heavy atom. The summed E-state index contributed by atoms with van der Waals surface area (Å²) in [4.78, 5) is 46.4. The lowest BCUT2D eigenvalue weighted by Crippen LogP contribution is -1.96. The highest BCUT2D eigenvalue weighted by molar-refractivity contribution is 6.26. The van der Waals surface area contributed by atoms with Crippen LogP contribution >= 0.6 is 0 Å². The number of esters is 2. The number of Topliss-reactive ketones (excluding diaryl/α,β-unsaturated/α-hetero) is 2. The van der Waals surface area contributed by atoms with Crippen LogP contribution in [0.3, 0.4) is 0 Å². The second kappa shape index (κ2) is 4.87. The van der Waals surface area contributed by atoms with Crippen LogP contribution in [0, 0.1) is 0 Å². The number of benzene rings is 2. The summed E-state index contributed by atoms with van der Waals surface area (Å²) in [5.74, 6) is -1.80. The summed E-state index contributed by atoms with van der Waals surface area (Å²) in [6.07, 6.45) is -0.119. The first-order chi connectivity index (χ1) is 10.5. The molecular formula is C17H12O5. The molecule has 1 heterocycles. The Morgan fingerprint density at radius 2 is 1.05 bits per heavy atom. The highest BCUT2D eigenvalue weighted by Crippen LogP contribution is 2.31. The lowest BCUT2D eigenvalue weighted by Gasteiger charge is -2.03. The highest BCUT2D eigenvalue weighted by atomic mass is 16.6. The van der Waals surface area contributed by atoms with E-state index in [1.165, 1.54) is 12.1 Å². The third-order valence-corrected chi connectivity index (χ3v) is 3.66. The Bertz CT molecular complexity index is 737. The van der Waals surface area contributed by atoms with E-state index in [1.807, 2.05) is 13.8 Å². The SMILES string of the molecule is CC.O=C1CC(=O)c2cc3cc4c(cc3cc21)C(=O)OC4=O. The van der Waals surface area contributed by atoms with Crippen LogP contribution in [0.2, 0.25) is 0 Å². The molecular weight excluding hydrogens is 284 g/mol. The van der Waals surface area contributed by atoms with Crippen LogP contribution in [0.1, 0.15) is 61.7 Å². The van der Waals surface area contributed by atoms with Gasteiger partial charge in [0.2, 0.25) is 0 Å². The van der Waals surface area contributed by atoms with Crippen molar-refractivity contribution in [1.29, 1.82) is 0 Å². The van der Waals surface area contributed by atoms with Crippen molar-refractivity contribution in [2.75, 3.05) is 0 Å². The third-order valence-electron chi connectivity index (χ3n) is 3.66. The van der Waals surface area contributed by atoms with Crippen LogP contribution in [0.4, 0.5) is 0 Å². The van der Waals surface area contributed by atoms with Crippen molar-refractivity contribution in [3.63, 3.8) is 0 Å². The fraction of sp³-hybridized carbons (Fsp3) is 0.176. The van der Waals surface area contributed by atoms with E-state index >= 15 is 0 Å². The Hall–Kier alpha value is -2.82. The van der Waals surface area contributed by atoms with Gasteiger partial charge >= 0.3 is 11.9 Å². The molecule has 0 atom stereocenters. The standard InChI is InChI=1S/C15H6O5.C2H6/c16-12-5-13(17)9-2-7-4-11-10(14(18)20-15(11)19)3-6(7)1-8(9)12;1-2/h1-4H,5H2;1-2H3. The van der Waals surface area contributed by atoms with E-state index in [2.05, 4.69) is 4.74 Å². The number of ether oxygens (including phenoxy) is 1. The maximum Gasteiger partial charge on any atom is 0.346 e. The average Bonchev–Trinajstić information content (AvgIpc) is 2.95. The molecule has 0 aromatic heterocycles. The van der Waals surface area contributed by atoms with Gasteiger partial charge in [0.05, 0.1) is 17.5 Å². The molecule has 2 aliphatic rings. The Kier molecular flexibility index (Phi) is 3.13. The Balaban J connectivity index is 0.000000693. The molecule has 5 nitrogen and oxygen atoms in total. The van der Waals surface area contributed by atoms with E-state index in [1.54, 1.807) is 12.1 Å². The lowest BCUT2D eigenvalue weighted by molar-refractivity contribution is 0.0443. The maximum atomic E-state index is 11.7. The summed E-state index contributed by atoms with van der Waals surface area (Å²) in [7, 11) is 0. The summed E-state index contributed by atoms with van der Waals surface area (Å²) in [6.45, 7) is 4.00. The number of carbonyl (C=O) groups is 4. The van der Waals surface area contributed by atoms with Gasteiger partial charge in [-0.1, -0.05) is 13.8 Å². The minimum Gasteiger partial charge on any atom is -0.386 e. The number of rotatable bonds is 0. The predicted octanol–water partition coefficient (Wildman–Crippen LogP) is 2.95. The zero-order valence-corrected chi connectivity index (χ0v) is 12.1. The Morgan fingerprint density at radius 1 is 0.682 bits per heavy atom. The van der Waals surface area contributed by atoms with Gasteiger partial charge in [-0.15, -0.1) is 0 Å². The summed E-state index contributed by atoms with van der Waals surface area (Å²) in [5.41, 5.74) is 1.14. The summed E-state index contributed by atoms with van der Waals surface area (Å²) < 4.78 is 4.53. The fourth-order valence-electron chi connectivity index (χ4n) is 2.68. The van der Waals surface area contributed by atoms with E-state index in [9.17, 15) is 19.2 Å². The quantitative estimate of drug-likeness (QED) is 0.551. The Labute approximate surface area is 125 Å². The van der Waals surface area contributed by atoms with E-state index in [-0.39, 0.29) is 29.1 Å². The molecule has 1 aliphatic heterocycles. The van der Waals surface area contributed by atoms with Gasteiger partial charge in [-0.2, -0.15) is 0 Å². The molecule has 0 fully saturated rings. The van der Waals surface area contributed by atoms with Crippen LogP contribution < -0.4 is 0 Å². The minimum atomic E-state index is -0.685. The summed E-state index contributed by atoms with van der Waals surface area (Å²) in [6, 6.07) is 6.23. The lowest BCUT2D eigenvalue weighted by atomic mass is 9.98. The molecule has 1 aliphatic carbocycles. The summed E-state index contributed by atoms with van der Waals surface area (Å²) in [5, 5.41) is 1.27. The molecule has 0 amide bonds. The van der Waals surface area contributed by atoms with Gasteiger partial charge in [-0.3, -0.25) is 9.59 Å². The van der Waals surface area contributed by atoms with E-state index < -0.39 is 11.9 Å². The molecule has 0 saturated heterocycles. The van der Waals surface area contributed by atoms with Crippen LogP contribution in [-0.2, 0) is 4.74 Å². The second-order valence-corrected chi connectivity index (χ2v) is 4.84. The molecule has 0 radical (unpaired) electrons. The van der Waals surface area contributed by atoms with Crippen molar-refractivity contribution in [1.82, 2.24) is 0 Å². The molecule has 0 saturated carbocycles. The molecule has 2 aromatic rings. The molecule has 22 heavy (non-hydrogen) atoms. The molecule has 5 heteroatoms. The van der Waals surface area contributed by atoms with Gasteiger partial charge < -0.3 is 4.74 Å². The van der Waals surface area contributed by atoms with Gasteiger partial charge in [0.1, 0.15) is 0 Å². The zero-order valence-electron chi connectivity index (χ0n) is 12.1. The minimum absolute atomic E-state index is 0.119. The van der Waals surface area contributed by atoms with Crippen LogP contribution in [0.25, 0.3) is 10.8 Å². The largest absolute Gasteiger partial charge is 0.386 e. The van der Waals surface area contributed by atoms with Crippen molar-refractivity contribution in [2.45, 2.75) is 20.3 Å². The predicted molar refractivity (Wildman–Crippen MR) is 78.3 cm³/mol. The van der Waals surface area contributed by atoms with Crippen LogP contribution in [-0.4, -0.2) is 23.5 Å². The third kappa shape index (κ3) is 1.86. The molecule has 2 aromatic carbocycles. The smallest absolute Gasteiger partial charge is 0.346 e. The van der Waals surface area contributed by atoms with Gasteiger partial charge in [0, 0.05) is 11.1 Å². The fourth-order valence-corrected chi connectivity index (χ4v) is 2.68. The van der Waals surface area contributed by atoms with Gasteiger partial charge in [0.15, 0.2) is 11.6 Å². The number of cyclic esters (lactones) is 2. The average molecular weight is 296 g/mol. The topological polar surface area (TPSA) is 77.5 Å². The molecule has 4 rings (SSSR count). The number of carbonyl (C=O) groups excluding carboxylic acids is 4. The van der Waals surface area contributed by atoms with Gasteiger partial charge in [-0.25, -0.2) is 9.59 Å². The first-order valence-corrected chi connectivity index (χ1v) is 6.99. The number of hydrogen-bond donors (Lipinski definition) is 0. The number of hydrogen-bond acceptors (Lipinski definition) is 5. The van der Waals surface area contributed by atoms with Gasteiger partial charge in [-0.05, 0) is 35.0 Å². The molecule has 0 spiro atoms. The summed E-state index contributed by atoms with van der Waals surface area (Å²) >= 11 is 0. The first kappa shape index (κ1) is 14.1. The van der Waals surface area contributed by atoms with Crippen molar-refractivity contribution < 1.29 is 23.9 Å². The van der Waals surface area contributed by atoms with Crippen molar-refractivity contribution in [3.05, 3.63) is 46.5 Å². The highest BCUT2D eigenvalue weighted by Gasteiger charge is 2.32. The first-order valence-electron chi connectivity index (χ1n) is 6.99. The maximum absolute atomic E-state index is 11.7.